The third-order valence-corrected chi connectivity index (χ3v) is 5.75. The predicted octanol–water partition coefficient (Wildman–Crippen LogP) is 5.48. The van der Waals surface area contributed by atoms with Crippen molar-refractivity contribution in [2.75, 3.05) is 7.11 Å². The van der Waals surface area contributed by atoms with Crippen molar-refractivity contribution in [3.8, 4) is 28.3 Å². The Morgan fingerprint density at radius 3 is 2.44 bits per heavy atom. The Balaban J connectivity index is 1.97. The van der Waals surface area contributed by atoms with Gasteiger partial charge in [0, 0.05) is 10.4 Å². The van der Waals surface area contributed by atoms with Crippen LogP contribution < -0.4 is 4.74 Å². The maximum atomic E-state index is 12.1. The van der Waals surface area contributed by atoms with Crippen LogP contribution in [0.4, 0.5) is 0 Å². The lowest BCUT2D eigenvalue weighted by atomic mass is 10.0. The standard InChI is InChI=1S/C22H20N2O2S/c1-13-5-10-18(14(2)11-13)20-19(12-25)24-21(15(3)27-22(24)23-20)16-6-8-17(26-4)9-7-16/h5-12H,1-4H3. The third kappa shape index (κ3) is 2.84. The molecule has 0 aliphatic rings. The number of nitrogens with zero attached hydrogens (tertiary/aromatic N) is 2. The summed E-state index contributed by atoms with van der Waals surface area (Å²) in [6.07, 6.45) is 0.911. The quantitative estimate of drug-likeness (QED) is 0.443. The van der Waals surface area contributed by atoms with Gasteiger partial charge in [0.2, 0.25) is 0 Å². The molecule has 4 nitrogen and oxygen atoms in total. The molecule has 2 heterocycles. The lowest BCUT2D eigenvalue weighted by molar-refractivity contribution is 0.111. The molecule has 0 N–H and O–H groups in total. The van der Waals surface area contributed by atoms with E-state index in [1.54, 1.807) is 18.4 Å². The highest BCUT2D eigenvalue weighted by Gasteiger charge is 2.21. The number of rotatable bonds is 4. The molecule has 4 rings (SSSR count). The third-order valence-electron chi connectivity index (χ3n) is 4.80. The van der Waals surface area contributed by atoms with Gasteiger partial charge in [-0.25, -0.2) is 4.98 Å². The number of carbonyl (C=O) groups excluding carboxylic acids is 1. The van der Waals surface area contributed by atoms with E-state index in [1.807, 2.05) is 34.7 Å². The van der Waals surface area contributed by atoms with Gasteiger partial charge in [-0.15, -0.1) is 11.3 Å². The highest BCUT2D eigenvalue weighted by Crippen LogP contribution is 2.37. The van der Waals surface area contributed by atoms with Crippen LogP contribution in [-0.2, 0) is 0 Å². The average Bonchev–Trinajstić information content (AvgIpc) is 3.15. The summed E-state index contributed by atoms with van der Waals surface area (Å²) in [5.74, 6) is 0.806. The van der Waals surface area contributed by atoms with E-state index in [0.29, 0.717) is 5.69 Å². The molecule has 0 aliphatic carbocycles. The topological polar surface area (TPSA) is 43.6 Å². The van der Waals surface area contributed by atoms with Crippen molar-refractivity contribution in [3.63, 3.8) is 0 Å². The first kappa shape index (κ1) is 17.5. The van der Waals surface area contributed by atoms with E-state index < -0.39 is 0 Å². The van der Waals surface area contributed by atoms with E-state index in [-0.39, 0.29) is 0 Å². The van der Waals surface area contributed by atoms with E-state index in [4.69, 9.17) is 9.72 Å². The van der Waals surface area contributed by atoms with Gasteiger partial charge in [0.1, 0.15) is 17.1 Å². The van der Waals surface area contributed by atoms with Gasteiger partial charge in [-0.2, -0.15) is 0 Å². The Bertz CT molecular complexity index is 1150. The SMILES string of the molecule is COc1ccc(-c2c(C)sc3nc(-c4ccc(C)cc4C)c(C=O)n23)cc1. The van der Waals surface area contributed by atoms with E-state index >= 15 is 0 Å². The summed E-state index contributed by atoms with van der Waals surface area (Å²) in [5.41, 5.74) is 6.68. The summed E-state index contributed by atoms with van der Waals surface area (Å²) < 4.78 is 7.24. The van der Waals surface area contributed by atoms with Crippen LogP contribution in [0.1, 0.15) is 26.5 Å². The Hall–Kier alpha value is -2.92. The summed E-state index contributed by atoms with van der Waals surface area (Å²) in [5, 5.41) is 0. The molecule has 4 aromatic rings. The first-order valence-electron chi connectivity index (χ1n) is 8.72. The van der Waals surface area contributed by atoms with Crippen LogP contribution in [0.25, 0.3) is 27.5 Å². The van der Waals surface area contributed by atoms with E-state index in [0.717, 1.165) is 50.0 Å². The molecule has 0 unspecified atom stereocenters. The maximum absolute atomic E-state index is 12.1. The summed E-state index contributed by atoms with van der Waals surface area (Å²) in [4.78, 5) is 18.8. The molecule has 0 fully saturated rings. The molecule has 0 atom stereocenters. The highest BCUT2D eigenvalue weighted by molar-refractivity contribution is 7.17. The largest absolute Gasteiger partial charge is 0.497 e. The molecule has 0 spiro atoms. The van der Waals surface area contributed by atoms with Gasteiger partial charge in [-0.1, -0.05) is 23.8 Å². The molecule has 0 saturated carbocycles. The van der Waals surface area contributed by atoms with Crippen LogP contribution in [-0.4, -0.2) is 22.8 Å². The predicted molar refractivity (Wildman–Crippen MR) is 110 cm³/mol. The van der Waals surface area contributed by atoms with Crippen LogP contribution in [0.15, 0.2) is 42.5 Å². The fourth-order valence-corrected chi connectivity index (χ4v) is 4.50. The van der Waals surface area contributed by atoms with Gasteiger partial charge in [-0.05, 0) is 56.2 Å². The van der Waals surface area contributed by atoms with E-state index in [1.165, 1.54) is 5.56 Å². The number of hydrogen-bond acceptors (Lipinski definition) is 4. The number of methoxy groups -OCH3 is 1. The van der Waals surface area contributed by atoms with Crippen LogP contribution in [0.5, 0.6) is 5.75 Å². The van der Waals surface area contributed by atoms with Gasteiger partial charge in [0.15, 0.2) is 11.2 Å². The number of carbonyl (C=O) groups is 1. The van der Waals surface area contributed by atoms with Crippen molar-refractivity contribution in [2.45, 2.75) is 20.8 Å². The molecule has 27 heavy (non-hydrogen) atoms. The van der Waals surface area contributed by atoms with Crippen molar-refractivity contribution in [2.24, 2.45) is 0 Å². The van der Waals surface area contributed by atoms with Gasteiger partial charge in [-0.3, -0.25) is 9.20 Å². The van der Waals surface area contributed by atoms with Crippen molar-refractivity contribution in [3.05, 3.63) is 64.2 Å². The molecular formula is C22H20N2O2S. The molecule has 2 aromatic heterocycles. The number of aromatic nitrogens is 2. The molecular weight excluding hydrogens is 356 g/mol. The van der Waals surface area contributed by atoms with Gasteiger partial charge in [0.25, 0.3) is 0 Å². The number of thiazole rings is 1. The van der Waals surface area contributed by atoms with Gasteiger partial charge >= 0.3 is 0 Å². The normalized spacial score (nSPS) is 11.1. The molecule has 5 heteroatoms. The zero-order chi connectivity index (χ0) is 19.1. The smallest absolute Gasteiger partial charge is 0.195 e. The number of aryl methyl sites for hydroxylation is 3. The Morgan fingerprint density at radius 1 is 1.07 bits per heavy atom. The number of ether oxygens (including phenoxy) is 1. The number of benzene rings is 2. The highest BCUT2D eigenvalue weighted by atomic mass is 32.1. The zero-order valence-electron chi connectivity index (χ0n) is 15.7. The fourth-order valence-electron chi connectivity index (χ4n) is 3.51. The van der Waals surface area contributed by atoms with Crippen molar-refractivity contribution in [1.29, 1.82) is 0 Å². The average molecular weight is 376 g/mol. The summed E-state index contributed by atoms with van der Waals surface area (Å²) in [6.45, 7) is 6.18. The first-order chi connectivity index (χ1) is 13.0. The minimum atomic E-state index is 0.590. The molecule has 0 bridgehead atoms. The van der Waals surface area contributed by atoms with E-state index in [9.17, 15) is 4.79 Å². The number of imidazole rings is 1. The number of hydrogen-bond donors (Lipinski definition) is 0. The van der Waals surface area contributed by atoms with Crippen LogP contribution in [0.2, 0.25) is 0 Å². The summed E-state index contributed by atoms with van der Waals surface area (Å²) in [7, 11) is 1.65. The van der Waals surface area contributed by atoms with Crippen molar-refractivity contribution >= 4 is 22.6 Å². The summed E-state index contributed by atoms with van der Waals surface area (Å²) >= 11 is 1.60. The van der Waals surface area contributed by atoms with Crippen LogP contribution in [0.3, 0.4) is 0 Å². The van der Waals surface area contributed by atoms with E-state index in [2.05, 4.69) is 32.9 Å². The monoisotopic (exact) mass is 376 g/mol. The van der Waals surface area contributed by atoms with Crippen molar-refractivity contribution in [1.82, 2.24) is 9.38 Å². The lowest BCUT2D eigenvalue weighted by Crippen LogP contribution is -1.96. The van der Waals surface area contributed by atoms with Crippen LogP contribution in [0, 0.1) is 20.8 Å². The molecule has 0 aliphatic heterocycles. The minimum Gasteiger partial charge on any atom is -0.497 e. The zero-order valence-corrected chi connectivity index (χ0v) is 16.6. The van der Waals surface area contributed by atoms with Gasteiger partial charge in [0.05, 0.1) is 12.8 Å². The Kier molecular flexibility index (Phi) is 4.32. The molecule has 0 radical (unpaired) electrons. The molecule has 0 saturated heterocycles. The molecule has 136 valence electrons. The lowest BCUT2D eigenvalue weighted by Gasteiger charge is -2.07. The number of fused-ring (bicyclic) bond motifs is 1. The van der Waals surface area contributed by atoms with Gasteiger partial charge < -0.3 is 4.74 Å². The van der Waals surface area contributed by atoms with Crippen molar-refractivity contribution < 1.29 is 9.53 Å². The second-order valence-corrected chi connectivity index (χ2v) is 7.82. The maximum Gasteiger partial charge on any atom is 0.195 e. The Morgan fingerprint density at radius 2 is 1.81 bits per heavy atom. The second-order valence-electron chi connectivity index (χ2n) is 6.64. The van der Waals surface area contributed by atoms with Crippen LogP contribution >= 0.6 is 11.3 Å². The molecule has 2 aromatic carbocycles. The first-order valence-corrected chi connectivity index (χ1v) is 9.54. The molecule has 0 amide bonds. The minimum absolute atomic E-state index is 0.590. The second kappa shape index (κ2) is 6.67. The fraction of sp³-hybridized carbons (Fsp3) is 0.182. The number of aldehydes is 1. The summed E-state index contributed by atoms with van der Waals surface area (Å²) in [6, 6.07) is 14.1. The Labute approximate surface area is 162 Å².